The Hall–Kier alpha value is -2.57. The molecule has 7 heteroatoms. The molecule has 1 aromatic carbocycles. The SMILES string of the molecule is CCC(NC(=O)[C@@H]1CCCN1C(=O)OCc1ccccc1)C(=O)NC. The fourth-order valence-corrected chi connectivity index (χ4v) is 2.86. The molecule has 2 N–H and O–H groups in total. The molecule has 1 aromatic rings. The van der Waals surface area contributed by atoms with Crippen molar-refractivity contribution in [2.75, 3.05) is 13.6 Å². The lowest BCUT2D eigenvalue weighted by Crippen LogP contribution is -2.52. The highest BCUT2D eigenvalue weighted by Gasteiger charge is 2.36. The number of nitrogens with zero attached hydrogens (tertiary/aromatic N) is 1. The number of carbonyl (C=O) groups is 3. The summed E-state index contributed by atoms with van der Waals surface area (Å²) in [5.41, 5.74) is 0.890. The molecule has 136 valence electrons. The fraction of sp³-hybridized carbons (Fsp3) is 0.500. The van der Waals surface area contributed by atoms with Gasteiger partial charge < -0.3 is 15.4 Å². The average Bonchev–Trinajstić information content (AvgIpc) is 3.14. The van der Waals surface area contributed by atoms with Crippen molar-refractivity contribution in [3.8, 4) is 0 Å². The van der Waals surface area contributed by atoms with Gasteiger partial charge in [-0.25, -0.2) is 4.79 Å². The number of nitrogens with one attached hydrogen (secondary N) is 2. The summed E-state index contributed by atoms with van der Waals surface area (Å²) >= 11 is 0. The molecule has 1 saturated heterocycles. The Morgan fingerprint density at radius 3 is 2.64 bits per heavy atom. The van der Waals surface area contributed by atoms with Crippen LogP contribution in [0.4, 0.5) is 4.79 Å². The number of hydrogen-bond donors (Lipinski definition) is 2. The summed E-state index contributed by atoms with van der Waals surface area (Å²) in [5, 5.41) is 5.24. The summed E-state index contributed by atoms with van der Waals surface area (Å²) < 4.78 is 5.32. The molecule has 0 saturated carbocycles. The minimum absolute atomic E-state index is 0.167. The molecule has 1 fully saturated rings. The zero-order valence-corrected chi connectivity index (χ0v) is 14.7. The highest BCUT2D eigenvalue weighted by molar-refractivity contribution is 5.91. The molecule has 1 heterocycles. The minimum atomic E-state index is -0.597. The van der Waals surface area contributed by atoms with Crippen LogP contribution >= 0.6 is 0 Å². The molecule has 0 aromatic heterocycles. The molecule has 7 nitrogen and oxygen atoms in total. The van der Waals surface area contributed by atoms with E-state index in [9.17, 15) is 14.4 Å². The third-order valence-corrected chi connectivity index (χ3v) is 4.28. The highest BCUT2D eigenvalue weighted by Crippen LogP contribution is 2.19. The largest absolute Gasteiger partial charge is 0.445 e. The number of likely N-dealkylation sites (tertiary alicyclic amines) is 1. The van der Waals surface area contributed by atoms with Crippen LogP contribution in [0.15, 0.2) is 30.3 Å². The van der Waals surface area contributed by atoms with Crippen LogP contribution in [0, 0.1) is 0 Å². The monoisotopic (exact) mass is 347 g/mol. The van der Waals surface area contributed by atoms with Gasteiger partial charge in [0.2, 0.25) is 11.8 Å². The molecule has 1 aliphatic rings. The summed E-state index contributed by atoms with van der Waals surface area (Å²) in [6, 6.07) is 8.19. The van der Waals surface area contributed by atoms with Gasteiger partial charge in [0, 0.05) is 13.6 Å². The first-order valence-electron chi connectivity index (χ1n) is 8.56. The van der Waals surface area contributed by atoms with E-state index in [1.165, 1.54) is 11.9 Å². The van der Waals surface area contributed by atoms with Gasteiger partial charge in [-0.1, -0.05) is 37.3 Å². The smallest absolute Gasteiger partial charge is 0.410 e. The second-order valence-electron chi connectivity index (χ2n) is 5.98. The van der Waals surface area contributed by atoms with E-state index < -0.39 is 18.2 Å². The van der Waals surface area contributed by atoms with Crippen LogP contribution in [0.1, 0.15) is 31.7 Å². The van der Waals surface area contributed by atoms with Crippen LogP contribution < -0.4 is 10.6 Å². The van der Waals surface area contributed by atoms with Gasteiger partial charge in [0.15, 0.2) is 0 Å². The molecule has 25 heavy (non-hydrogen) atoms. The van der Waals surface area contributed by atoms with E-state index in [-0.39, 0.29) is 18.4 Å². The zero-order valence-electron chi connectivity index (χ0n) is 14.7. The minimum Gasteiger partial charge on any atom is -0.445 e. The lowest BCUT2D eigenvalue weighted by Gasteiger charge is -2.25. The molecule has 1 aliphatic heterocycles. The first-order valence-corrected chi connectivity index (χ1v) is 8.56. The quantitative estimate of drug-likeness (QED) is 0.815. The van der Waals surface area contributed by atoms with E-state index in [0.717, 1.165) is 12.0 Å². The molecular formula is C18H25N3O4. The van der Waals surface area contributed by atoms with E-state index in [4.69, 9.17) is 4.74 Å². The van der Waals surface area contributed by atoms with Crippen molar-refractivity contribution in [1.29, 1.82) is 0 Å². The van der Waals surface area contributed by atoms with Crippen LogP contribution in [0.3, 0.4) is 0 Å². The van der Waals surface area contributed by atoms with Crippen molar-refractivity contribution >= 4 is 17.9 Å². The van der Waals surface area contributed by atoms with Gasteiger partial charge in [0.1, 0.15) is 18.7 Å². The number of rotatable bonds is 6. The third-order valence-electron chi connectivity index (χ3n) is 4.28. The van der Waals surface area contributed by atoms with Gasteiger partial charge in [-0.05, 0) is 24.8 Å². The van der Waals surface area contributed by atoms with Crippen molar-refractivity contribution in [2.24, 2.45) is 0 Å². The van der Waals surface area contributed by atoms with Crippen LogP contribution in [0.5, 0.6) is 0 Å². The summed E-state index contributed by atoms with van der Waals surface area (Å²) in [6.07, 6.45) is 1.27. The standard InChI is InChI=1S/C18H25N3O4/c1-3-14(16(22)19-2)20-17(23)15-10-7-11-21(15)18(24)25-12-13-8-5-4-6-9-13/h4-6,8-9,14-15H,3,7,10-12H2,1-2H3,(H,19,22)(H,20,23)/t14?,15-/m0/s1. The highest BCUT2D eigenvalue weighted by atomic mass is 16.6. The lowest BCUT2D eigenvalue weighted by atomic mass is 10.1. The molecule has 2 atom stereocenters. The van der Waals surface area contributed by atoms with Crippen LogP contribution in [0.25, 0.3) is 0 Å². The number of hydrogen-bond acceptors (Lipinski definition) is 4. The lowest BCUT2D eigenvalue weighted by molar-refractivity contribution is -0.131. The predicted octanol–water partition coefficient (Wildman–Crippen LogP) is 1.43. The van der Waals surface area contributed by atoms with E-state index in [1.54, 1.807) is 0 Å². The average molecular weight is 347 g/mol. The number of amides is 3. The molecular weight excluding hydrogens is 322 g/mol. The second kappa shape index (κ2) is 9.05. The second-order valence-corrected chi connectivity index (χ2v) is 5.98. The predicted molar refractivity (Wildman–Crippen MR) is 92.6 cm³/mol. The Morgan fingerprint density at radius 2 is 2.00 bits per heavy atom. The van der Waals surface area contributed by atoms with Crippen molar-refractivity contribution in [3.05, 3.63) is 35.9 Å². The van der Waals surface area contributed by atoms with E-state index in [0.29, 0.717) is 19.4 Å². The molecule has 1 unspecified atom stereocenters. The molecule has 0 aliphatic carbocycles. The molecule has 0 bridgehead atoms. The molecule has 0 radical (unpaired) electrons. The van der Waals surface area contributed by atoms with E-state index in [1.807, 2.05) is 37.3 Å². The van der Waals surface area contributed by atoms with Gasteiger partial charge in [-0.15, -0.1) is 0 Å². The maximum Gasteiger partial charge on any atom is 0.410 e. The number of carbonyl (C=O) groups excluding carboxylic acids is 3. The molecule has 3 amide bonds. The Labute approximate surface area is 147 Å². The Balaban J connectivity index is 1.93. The normalized spacial score (nSPS) is 17.7. The zero-order chi connectivity index (χ0) is 18.2. The Bertz CT molecular complexity index is 606. The van der Waals surface area contributed by atoms with Gasteiger partial charge >= 0.3 is 6.09 Å². The van der Waals surface area contributed by atoms with Gasteiger partial charge in [-0.3, -0.25) is 14.5 Å². The van der Waals surface area contributed by atoms with Gasteiger partial charge in [-0.2, -0.15) is 0 Å². The number of likely N-dealkylation sites (N-methyl/N-ethyl adjacent to an activating group) is 1. The number of ether oxygens (including phenoxy) is 1. The maximum atomic E-state index is 12.5. The summed E-state index contributed by atoms with van der Waals surface area (Å²) in [7, 11) is 1.53. The summed E-state index contributed by atoms with van der Waals surface area (Å²) in [5.74, 6) is -0.559. The Morgan fingerprint density at radius 1 is 1.28 bits per heavy atom. The first kappa shape index (κ1) is 18.8. The summed E-state index contributed by atoms with van der Waals surface area (Å²) in [6.45, 7) is 2.46. The molecule has 0 spiro atoms. The molecule has 2 rings (SSSR count). The fourth-order valence-electron chi connectivity index (χ4n) is 2.86. The van der Waals surface area contributed by atoms with Crippen molar-refractivity contribution in [2.45, 2.75) is 44.9 Å². The first-order chi connectivity index (χ1) is 12.1. The van der Waals surface area contributed by atoms with Crippen LogP contribution in [-0.4, -0.2) is 48.5 Å². The maximum absolute atomic E-state index is 12.5. The van der Waals surface area contributed by atoms with Gasteiger partial charge in [0.25, 0.3) is 0 Å². The van der Waals surface area contributed by atoms with Crippen LogP contribution in [0.2, 0.25) is 0 Å². The topological polar surface area (TPSA) is 87.7 Å². The van der Waals surface area contributed by atoms with E-state index >= 15 is 0 Å². The van der Waals surface area contributed by atoms with Crippen molar-refractivity contribution in [1.82, 2.24) is 15.5 Å². The van der Waals surface area contributed by atoms with Gasteiger partial charge in [0.05, 0.1) is 0 Å². The van der Waals surface area contributed by atoms with Crippen LogP contribution in [-0.2, 0) is 20.9 Å². The number of benzene rings is 1. The van der Waals surface area contributed by atoms with Crippen molar-refractivity contribution in [3.63, 3.8) is 0 Å². The third kappa shape index (κ3) is 4.95. The van der Waals surface area contributed by atoms with Crippen molar-refractivity contribution < 1.29 is 19.1 Å². The Kier molecular flexibility index (Phi) is 6.80. The summed E-state index contributed by atoms with van der Waals surface area (Å²) in [4.78, 5) is 38.0. The van der Waals surface area contributed by atoms with E-state index in [2.05, 4.69) is 10.6 Å².